The van der Waals surface area contributed by atoms with Crippen LogP contribution in [0.1, 0.15) is 18.1 Å². The zero-order chi connectivity index (χ0) is 12.2. The number of amides is 1. The van der Waals surface area contributed by atoms with Gasteiger partial charge in [-0.05, 0) is 11.6 Å². The Balaban J connectivity index is 2.64. The standard InChI is InChI=1S/C11H13F2NO2/c1-11(12,13)9-4-2-3-8(7-9)5-6-16-10(14)15/h2-4,7H,5-6H2,1H3,(H2,14,15). The molecule has 1 aromatic carbocycles. The Morgan fingerprint density at radius 2 is 2.19 bits per heavy atom. The van der Waals surface area contributed by atoms with E-state index in [1.165, 1.54) is 12.1 Å². The van der Waals surface area contributed by atoms with E-state index in [0.29, 0.717) is 12.0 Å². The van der Waals surface area contributed by atoms with E-state index < -0.39 is 12.0 Å². The lowest BCUT2D eigenvalue weighted by molar-refractivity contribution is 0.0173. The number of carbonyl (C=O) groups is 1. The first kappa shape index (κ1) is 12.4. The second kappa shape index (κ2) is 4.92. The quantitative estimate of drug-likeness (QED) is 0.862. The molecule has 0 aliphatic rings. The molecule has 0 aromatic heterocycles. The summed E-state index contributed by atoms with van der Waals surface area (Å²) in [6.45, 7) is 0.931. The first-order valence-electron chi connectivity index (χ1n) is 4.79. The lowest BCUT2D eigenvalue weighted by Crippen LogP contribution is -2.15. The maximum Gasteiger partial charge on any atom is 0.404 e. The van der Waals surface area contributed by atoms with Gasteiger partial charge in [0.25, 0.3) is 5.92 Å². The van der Waals surface area contributed by atoms with Crippen LogP contribution in [-0.4, -0.2) is 12.7 Å². The molecule has 0 radical (unpaired) electrons. The minimum Gasteiger partial charge on any atom is -0.449 e. The third-order valence-electron chi connectivity index (χ3n) is 2.07. The molecular formula is C11H13F2NO2. The van der Waals surface area contributed by atoms with E-state index in [1.807, 2.05) is 0 Å². The van der Waals surface area contributed by atoms with Gasteiger partial charge in [-0.2, -0.15) is 0 Å². The molecule has 3 nitrogen and oxygen atoms in total. The van der Waals surface area contributed by atoms with Crippen LogP contribution < -0.4 is 5.73 Å². The van der Waals surface area contributed by atoms with Gasteiger partial charge < -0.3 is 10.5 Å². The van der Waals surface area contributed by atoms with Crippen LogP contribution >= 0.6 is 0 Å². The third kappa shape index (κ3) is 3.84. The number of benzene rings is 1. The summed E-state index contributed by atoms with van der Waals surface area (Å²) < 4.78 is 30.5. The highest BCUT2D eigenvalue weighted by Crippen LogP contribution is 2.27. The third-order valence-corrected chi connectivity index (χ3v) is 2.07. The second-order valence-electron chi connectivity index (χ2n) is 3.51. The number of halogens is 2. The number of primary amides is 1. The van der Waals surface area contributed by atoms with Crippen LogP contribution in [0.25, 0.3) is 0 Å². The van der Waals surface area contributed by atoms with E-state index in [2.05, 4.69) is 4.74 Å². The largest absolute Gasteiger partial charge is 0.449 e. The Kier molecular flexibility index (Phi) is 3.82. The summed E-state index contributed by atoms with van der Waals surface area (Å²) in [6, 6.07) is 5.99. The normalized spacial score (nSPS) is 11.2. The van der Waals surface area contributed by atoms with Gasteiger partial charge in [0.2, 0.25) is 0 Å². The molecule has 1 rings (SSSR count). The number of carbonyl (C=O) groups excluding carboxylic acids is 1. The van der Waals surface area contributed by atoms with Crippen molar-refractivity contribution in [2.24, 2.45) is 5.73 Å². The van der Waals surface area contributed by atoms with Crippen LogP contribution in [0.4, 0.5) is 13.6 Å². The summed E-state index contributed by atoms with van der Waals surface area (Å²) in [7, 11) is 0. The molecule has 0 atom stereocenters. The van der Waals surface area contributed by atoms with E-state index in [-0.39, 0.29) is 12.2 Å². The Bertz CT molecular complexity index is 374. The van der Waals surface area contributed by atoms with Crippen LogP contribution in [0.15, 0.2) is 24.3 Å². The fourth-order valence-corrected chi connectivity index (χ4v) is 1.27. The number of rotatable bonds is 4. The minimum absolute atomic E-state index is 0.0518. The minimum atomic E-state index is -2.86. The molecule has 2 N–H and O–H groups in total. The highest BCUT2D eigenvalue weighted by molar-refractivity contribution is 5.64. The van der Waals surface area contributed by atoms with Gasteiger partial charge in [0.05, 0.1) is 6.61 Å². The van der Waals surface area contributed by atoms with Gasteiger partial charge >= 0.3 is 6.09 Å². The van der Waals surface area contributed by atoms with Crippen molar-refractivity contribution in [2.75, 3.05) is 6.61 Å². The maximum absolute atomic E-state index is 13.0. The van der Waals surface area contributed by atoms with Crippen molar-refractivity contribution in [3.05, 3.63) is 35.4 Å². The van der Waals surface area contributed by atoms with E-state index in [1.54, 1.807) is 12.1 Å². The molecule has 0 aliphatic carbocycles. The van der Waals surface area contributed by atoms with Crippen LogP contribution in [0.2, 0.25) is 0 Å². The molecule has 1 amide bonds. The van der Waals surface area contributed by atoms with Crippen molar-refractivity contribution in [1.82, 2.24) is 0 Å². The number of hydrogen-bond acceptors (Lipinski definition) is 2. The van der Waals surface area contributed by atoms with Crippen LogP contribution in [0.3, 0.4) is 0 Å². The predicted octanol–water partition coefficient (Wildman–Crippen LogP) is 2.44. The van der Waals surface area contributed by atoms with E-state index in [4.69, 9.17) is 5.73 Å². The van der Waals surface area contributed by atoms with Crippen molar-refractivity contribution in [3.63, 3.8) is 0 Å². The van der Waals surface area contributed by atoms with Gasteiger partial charge in [0, 0.05) is 18.9 Å². The van der Waals surface area contributed by atoms with E-state index in [0.717, 1.165) is 6.92 Å². The van der Waals surface area contributed by atoms with Gasteiger partial charge in [-0.1, -0.05) is 18.2 Å². The van der Waals surface area contributed by atoms with E-state index in [9.17, 15) is 13.6 Å². The van der Waals surface area contributed by atoms with Crippen molar-refractivity contribution in [3.8, 4) is 0 Å². The van der Waals surface area contributed by atoms with Gasteiger partial charge in [0.15, 0.2) is 0 Å². The van der Waals surface area contributed by atoms with Crippen molar-refractivity contribution in [1.29, 1.82) is 0 Å². The zero-order valence-corrected chi connectivity index (χ0v) is 8.87. The number of ether oxygens (including phenoxy) is 1. The first-order valence-corrected chi connectivity index (χ1v) is 4.79. The predicted molar refractivity (Wildman–Crippen MR) is 55.2 cm³/mol. The molecule has 5 heteroatoms. The molecular weight excluding hydrogens is 216 g/mol. The van der Waals surface area contributed by atoms with Gasteiger partial charge in [-0.25, -0.2) is 13.6 Å². The van der Waals surface area contributed by atoms with Crippen molar-refractivity contribution >= 4 is 6.09 Å². The highest BCUT2D eigenvalue weighted by atomic mass is 19.3. The molecule has 88 valence electrons. The van der Waals surface area contributed by atoms with Crippen molar-refractivity contribution < 1.29 is 18.3 Å². The fourth-order valence-electron chi connectivity index (χ4n) is 1.27. The number of hydrogen-bond donors (Lipinski definition) is 1. The molecule has 0 fully saturated rings. The first-order chi connectivity index (χ1) is 7.39. The fraction of sp³-hybridized carbons (Fsp3) is 0.364. The SMILES string of the molecule is CC(F)(F)c1cccc(CCOC(N)=O)c1. The lowest BCUT2D eigenvalue weighted by atomic mass is 10.0. The Morgan fingerprint density at radius 3 is 2.75 bits per heavy atom. The average Bonchev–Trinajstić information content (AvgIpc) is 2.16. The average molecular weight is 229 g/mol. The number of alkyl halides is 2. The number of nitrogens with two attached hydrogens (primary N) is 1. The topological polar surface area (TPSA) is 52.3 Å². The summed E-state index contributed by atoms with van der Waals surface area (Å²) in [6.07, 6.45) is -0.496. The summed E-state index contributed by atoms with van der Waals surface area (Å²) in [5.74, 6) is -2.86. The summed E-state index contributed by atoms with van der Waals surface area (Å²) >= 11 is 0. The van der Waals surface area contributed by atoms with Gasteiger partial charge in [0.1, 0.15) is 0 Å². The molecule has 0 bridgehead atoms. The Labute approximate surface area is 92.2 Å². The lowest BCUT2D eigenvalue weighted by Gasteiger charge is -2.11. The monoisotopic (exact) mass is 229 g/mol. The van der Waals surface area contributed by atoms with Gasteiger partial charge in [-0.3, -0.25) is 0 Å². The molecule has 0 saturated carbocycles. The summed E-state index contributed by atoms with van der Waals surface area (Å²) in [5.41, 5.74) is 5.40. The maximum atomic E-state index is 13.0. The van der Waals surface area contributed by atoms with Crippen LogP contribution in [0.5, 0.6) is 0 Å². The molecule has 0 saturated heterocycles. The molecule has 16 heavy (non-hydrogen) atoms. The molecule has 1 aromatic rings. The van der Waals surface area contributed by atoms with E-state index >= 15 is 0 Å². The van der Waals surface area contributed by atoms with Crippen LogP contribution in [0, 0.1) is 0 Å². The Hall–Kier alpha value is -1.65. The molecule has 0 spiro atoms. The molecule has 0 heterocycles. The Morgan fingerprint density at radius 1 is 1.50 bits per heavy atom. The second-order valence-corrected chi connectivity index (χ2v) is 3.51. The smallest absolute Gasteiger partial charge is 0.404 e. The molecule has 0 aliphatic heterocycles. The van der Waals surface area contributed by atoms with Gasteiger partial charge in [-0.15, -0.1) is 0 Å². The van der Waals surface area contributed by atoms with Crippen molar-refractivity contribution in [2.45, 2.75) is 19.3 Å². The highest BCUT2D eigenvalue weighted by Gasteiger charge is 2.23. The molecule has 0 unspecified atom stereocenters. The summed E-state index contributed by atoms with van der Waals surface area (Å²) in [5, 5.41) is 0. The summed E-state index contributed by atoms with van der Waals surface area (Å²) in [4.78, 5) is 10.3. The van der Waals surface area contributed by atoms with Crippen LogP contribution in [-0.2, 0) is 17.1 Å². The zero-order valence-electron chi connectivity index (χ0n) is 8.87.